The van der Waals surface area contributed by atoms with Gasteiger partial charge >= 0.3 is 5.97 Å². The molecule has 0 aromatic rings. The van der Waals surface area contributed by atoms with Crippen molar-refractivity contribution in [1.29, 1.82) is 0 Å². The second-order valence-electron chi connectivity index (χ2n) is 4.12. The van der Waals surface area contributed by atoms with Crippen LogP contribution in [0, 0.1) is 17.8 Å². The van der Waals surface area contributed by atoms with E-state index < -0.39 is 0 Å². The number of carbonyl (C=O) groups is 1. The first-order chi connectivity index (χ1) is 6.81. The minimum atomic E-state index is -0.280. The third kappa shape index (κ3) is 0.966. The molecule has 1 aliphatic heterocycles. The topological polar surface area (TPSA) is 51.0 Å². The van der Waals surface area contributed by atoms with Gasteiger partial charge in [-0.05, 0) is 25.7 Å². The van der Waals surface area contributed by atoms with E-state index in [1.165, 1.54) is 6.42 Å². The third-order valence-electron chi connectivity index (χ3n) is 3.29. The van der Waals surface area contributed by atoms with Crippen LogP contribution in [0.3, 0.4) is 0 Å². The van der Waals surface area contributed by atoms with Gasteiger partial charge in [0, 0.05) is 5.92 Å². The van der Waals surface area contributed by atoms with Gasteiger partial charge in [-0.2, -0.15) is 5.10 Å². The van der Waals surface area contributed by atoms with Crippen molar-refractivity contribution in [2.75, 3.05) is 6.61 Å². The molecular weight excluding hydrogens is 180 g/mol. The molecule has 0 amide bonds. The summed E-state index contributed by atoms with van der Waals surface area (Å²) in [6.07, 6.45) is 2.31. The molecule has 0 aromatic heterocycles. The zero-order valence-corrected chi connectivity index (χ0v) is 8.06. The molecule has 1 heterocycles. The van der Waals surface area contributed by atoms with Gasteiger partial charge in [-0.3, -0.25) is 0 Å². The summed E-state index contributed by atoms with van der Waals surface area (Å²) in [5.41, 5.74) is 1.67. The van der Waals surface area contributed by atoms with Gasteiger partial charge < -0.3 is 4.74 Å². The Balaban J connectivity index is 1.77. The minimum absolute atomic E-state index is 0.192. The molecule has 4 nitrogen and oxygen atoms in total. The van der Waals surface area contributed by atoms with E-state index in [1.54, 1.807) is 6.92 Å². The van der Waals surface area contributed by atoms with Crippen molar-refractivity contribution in [3.8, 4) is 0 Å². The number of ether oxygens (including phenoxy) is 1. The number of esters is 1. The Kier molecular flexibility index (Phi) is 1.54. The predicted octanol–water partition coefficient (Wildman–Crippen LogP) is 1.02. The van der Waals surface area contributed by atoms with E-state index in [2.05, 4.69) is 10.2 Å². The summed E-state index contributed by atoms with van der Waals surface area (Å²) in [7, 11) is 0. The highest BCUT2D eigenvalue weighted by Crippen LogP contribution is 2.54. The van der Waals surface area contributed by atoms with Gasteiger partial charge in [0.05, 0.1) is 18.2 Å². The molecule has 0 N–H and O–H groups in total. The number of hydrogen-bond acceptors (Lipinski definition) is 4. The van der Waals surface area contributed by atoms with E-state index in [0.29, 0.717) is 18.2 Å². The number of rotatable bonds is 2. The molecule has 0 saturated heterocycles. The number of carbonyl (C=O) groups excluding carboxylic acids is 1. The lowest BCUT2D eigenvalue weighted by atomic mass is 9.97. The standard InChI is InChI=1S/C10H12N2O2/c1-2-14-10(13)9-7-4-5-3-6(5)8(7)11-12-9/h5-7H,2-4H2,1H3. The lowest BCUT2D eigenvalue weighted by Gasteiger charge is -2.08. The van der Waals surface area contributed by atoms with Gasteiger partial charge in [-0.15, -0.1) is 5.10 Å². The minimum Gasteiger partial charge on any atom is -0.461 e. The summed E-state index contributed by atoms with van der Waals surface area (Å²) in [4.78, 5) is 11.5. The van der Waals surface area contributed by atoms with E-state index in [0.717, 1.165) is 18.1 Å². The van der Waals surface area contributed by atoms with Gasteiger partial charge in [0.15, 0.2) is 5.71 Å². The summed E-state index contributed by atoms with van der Waals surface area (Å²) >= 11 is 0. The Morgan fingerprint density at radius 2 is 2.36 bits per heavy atom. The quantitative estimate of drug-likeness (QED) is 0.613. The molecule has 0 spiro atoms. The zero-order valence-electron chi connectivity index (χ0n) is 8.06. The largest absolute Gasteiger partial charge is 0.461 e. The Bertz CT molecular complexity index is 359. The highest BCUT2D eigenvalue weighted by Gasteiger charge is 2.55. The molecule has 3 unspecified atom stereocenters. The second kappa shape index (κ2) is 2.65. The first-order valence-corrected chi connectivity index (χ1v) is 5.13. The van der Waals surface area contributed by atoms with E-state index in [9.17, 15) is 4.79 Å². The van der Waals surface area contributed by atoms with Crippen molar-refractivity contribution in [3.05, 3.63) is 0 Å². The smallest absolute Gasteiger partial charge is 0.355 e. The van der Waals surface area contributed by atoms with Gasteiger partial charge in [-0.1, -0.05) is 0 Å². The fourth-order valence-electron chi connectivity index (χ4n) is 2.52. The summed E-state index contributed by atoms with van der Waals surface area (Å²) in [6, 6.07) is 0. The first kappa shape index (κ1) is 8.15. The SMILES string of the molecule is CCOC(=O)C1=NN=C2C1CC1CC21. The highest BCUT2D eigenvalue weighted by atomic mass is 16.5. The highest BCUT2D eigenvalue weighted by molar-refractivity contribution is 6.43. The van der Waals surface area contributed by atoms with Gasteiger partial charge in [0.25, 0.3) is 0 Å². The fraction of sp³-hybridized carbons (Fsp3) is 0.700. The van der Waals surface area contributed by atoms with Crippen molar-refractivity contribution >= 4 is 17.4 Å². The molecule has 14 heavy (non-hydrogen) atoms. The van der Waals surface area contributed by atoms with E-state index >= 15 is 0 Å². The Morgan fingerprint density at radius 3 is 3.14 bits per heavy atom. The van der Waals surface area contributed by atoms with Crippen LogP contribution in [-0.2, 0) is 9.53 Å². The Morgan fingerprint density at radius 1 is 1.50 bits per heavy atom. The molecule has 3 atom stereocenters. The van der Waals surface area contributed by atoms with Gasteiger partial charge in [-0.25, -0.2) is 4.79 Å². The average Bonchev–Trinajstić information content (AvgIpc) is 2.67. The molecule has 2 fully saturated rings. The second-order valence-corrected chi connectivity index (χ2v) is 4.12. The van der Waals surface area contributed by atoms with Crippen LogP contribution in [0.4, 0.5) is 0 Å². The molecular formula is C10H12N2O2. The maximum Gasteiger partial charge on any atom is 0.355 e. The van der Waals surface area contributed by atoms with E-state index in [4.69, 9.17) is 4.74 Å². The van der Waals surface area contributed by atoms with Crippen LogP contribution in [0.25, 0.3) is 0 Å². The lowest BCUT2D eigenvalue weighted by molar-refractivity contribution is -0.135. The average molecular weight is 192 g/mol. The van der Waals surface area contributed by atoms with Crippen LogP contribution in [0.5, 0.6) is 0 Å². The summed E-state index contributed by atoms with van der Waals surface area (Å²) in [6.45, 7) is 2.22. The van der Waals surface area contributed by atoms with Gasteiger partial charge in [0.1, 0.15) is 0 Å². The summed E-state index contributed by atoms with van der Waals surface area (Å²) in [5, 5.41) is 8.05. The zero-order chi connectivity index (χ0) is 9.71. The molecule has 2 aliphatic carbocycles. The van der Waals surface area contributed by atoms with E-state index in [1.807, 2.05) is 0 Å². The molecule has 2 saturated carbocycles. The summed E-state index contributed by atoms with van der Waals surface area (Å²) < 4.78 is 4.94. The number of fused-ring (bicyclic) bond motifs is 3. The lowest BCUT2D eigenvalue weighted by Crippen LogP contribution is -2.27. The van der Waals surface area contributed by atoms with Crippen LogP contribution >= 0.6 is 0 Å². The molecule has 0 bridgehead atoms. The third-order valence-corrected chi connectivity index (χ3v) is 3.29. The molecule has 74 valence electrons. The number of nitrogens with zero attached hydrogens (tertiary/aromatic N) is 2. The molecule has 3 aliphatic rings. The van der Waals surface area contributed by atoms with Crippen molar-refractivity contribution in [2.45, 2.75) is 19.8 Å². The molecule has 0 radical (unpaired) electrons. The molecule has 4 heteroatoms. The van der Waals surface area contributed by atoms with Crippen LogP contribution in [0.1, 0.15) is 19.8 Å². The molecule has 0 aromatic carbocycles. The van der Waals surface area contributed by atoms with Crippen LogP contribution in [-0.4, -0.2) is 24.0 Å². The van der Waals surface area contributed by atoms with Crippen LogP contribution in [0.2, 0.25) is 0 Å². The molecule has 3 rings (SSSR count). The Labute approximate surface area is 82.0 Å². The van der Waals surface area contributed by atoms with Crippen molar-refractivity contribution in [3.63, 3.8) is 0 Å². The fourth-order valence-corrected chi connectivity index (χ4v) is 2.52. The van der Waals surface area contributed by atoms with Crippen LogP contribution in [0.15, 0.2) is 10.2 Å². The van der Waals surface area contributed by atoms with Crippen molar-refractivity contribution in [2.24, 2.45) is 28.0 Å². The van der Waals surface area contributed by atoms with Crippen molar-refractivity contribution in [1.82, 2.24) is 0 Å². The normalized spacial score (nSPS) is 37.1. The Hall–Kier alpha value is -1.19. The first-order valence-electron chi connectivity index (χ1n) is 5.13. The number of hydrogen-bond donors (Lipinski definition) is 0. The summed E-state index contributed by atoms with van der Waals surface area (Å²) in [5.74, 6) is 1.32. The van der Waals surface area contributed by atoms with E-state index in [-0.39, 0.29) is 11.9 Å². The monoisotopic (exact) mass is 192 g/mol. The predicted molar refractivity (Wildman–Crippen MR) is 51.2 cm³/mol. The maximum absolute atomic E-state index is 11.5. The van der Waals surface area contributed by atoms with Crippen LogP contribution < -0.4 is 0 Å². The maximum atomic E-state index is 11.5. The van der Waals surface area contributed by atoms with Gasteiger partial charge in [0.2, 0.25) is 0 Å². The van der Waals surface area contributed by atoms with Crippen molar-refractivity contribution < 1.29 is 9.53 Å².